The van der Waals surface area contributed by atoms with Crippen molar-refractivity contribution < 1.29 is 18.9 Å². The van der Waals surface area contributed by atoms with Crippen LogP contribution in [0.1, 0.15) is 33.0 Å². The van der Waals surface area contributed by atoms with Crippen LogP contribution < -0.4 is 10.1 Å². The molecule has 0 spiro atoms. The van der Waals surface area contributed by atoms with Crippen molar-refractivity contribution in [1.82, 2.24) is 0 Å². The summed E-state index contributed by atoms with van der Waals surface area (Å²) in [6, 6.07) is 14.4. The molecule has 0 aliphatic carbocycles. The summed E-state index contributed by atoms with van der Waals surface area (Å²) in [4.78, 5) is 22.6. The van der Waals surface area contributed by atoms with E-state index in [0.29, 0.717) is 5.76 Å². The first-order valence-electron chi connectivity index (χ1n) is 8.66. The molecule has 146 valence electrons. The fraction of sp³-hybridized carbons (Fsp3) is 0.143. The standard InChI is InChI=1S/C21H17N3O5/c1-13-4-3-5-14(2)20(13)28-12-17-7-9-19(29-17)21(25)23-18-8-6-16(24(26)27)10-15(18)11-22/h3-10H,12H2,1-2H3,(H,23,25). The highest BCUT2D eigenvalue weighted by atomic mass is 16.6. The van der Waals surface area contributed by atoms with Gasteiger partial charge in [-0.2, -0.15) is 5.26 Å². The predicted molar refractivity (Wildman–Crippen MR) is 105 cm³/mol. The van der Waals surface area contributed by atoms with Gasteiger partial charge in [0.25, 0.3) is 11.6 Å². The number of hydrogen-bond acceptors (Lipinski definition) is 6. The molecule has 1 amide bonds. The molecule has 0 atom stereocenters. The van der Waals surface area contributed by atoms with Crippen molar-refractivity contribution in [2.45, 2.75) is 20.5 Å². The monoisotopic (exact) mass is 391 g/mol. The Hall–Kier alpha value is -4.12. The fourth-order valence-electron chi connectivity index (χ4n) is 2.78. The molecule has 1 N–H and O–H groups in total. The van der Waals surface area contributed by atoms with Crippen LogP contribution in [0.5, 0.6) is 5.75 Å². The number of amides is 1. The average molecular weight is 391 g/mol. The third kappa shape index (κ3) is 4.42. The number of anilines is 1. The molecule has 0 fully saturated rings. The number of nitro benzene ring substituents is 1. The molecule has 0 saturated heterocycles. The number of benzene rings is 2. The number of nitriles is 1. The second-order valence-electron chi connectivity index (χ2n) is 6.33. The Balaban J connectivity index is 1.70. The number of para-hydroxylation sites is 1. The molecule has 1 heterocycles. The maximum absolute atomic E-state index is 12.4. The van der Waals surface area contributed by atoms with Crippen molar-refractivity contribution >= 4 is 17.3 Å². The third-order valence-corrected chi connectivity index (χ3v) is 4.24. The topological polar surface area (TPSA) is 118 Å². The smallest absolute Gasteiger partial charge is 0.291 e. The van der Waals surface area contributed by atoms with Gasteiger partial charge in [-0.3, -0.25) is 14.9 Å². The summed E-state index contributed by atoms with van der Waals surface area (Å²) < 4.78 is 11.3. The lowest BCUT2D eigenvalue weighted by molar-refractivity contribution is -0.384. The number of furan rings is 1. The maximum atomic E-state index is 12.4. The number of nitro groups is 1. The van der Waals surface area contributed by atoms with Crippen molar-refractivity contribution in [1.29, 1.82) is 5.26 Å². The summed E-state index contributed by atoms with van der Waals surface area (Å²) >= 11 is 0. The molecule has 29 heavy (non-hydrogen) atoms. The van der Waals surface area contributed by atoms with Gasteiger partial charge in [0.15, 0.2) is 5.76 Å². The van der Waals surface area contributed by atoms with Crippen LogP contribution in [-0.2, 0) is 6.61 Å². The lowest BCUT2D eigenvalue weighted by Gasteiger charge is -2.10. The SMILES string of the molecule is Cc1cccc(C)c1OCc1ccc(C(=O)Nc2ccc([N+](=O)[O-])cc2C#N)o1. The molecule has 0 saturated carbocycles. The van der Waals surface area contributed by atoms with Gasteiger partial charge in [0.2, 0.25) is 0 Å². The first-order valence-corrected chi connectivity index (χ1v) is 8.66. The second-order valence-corrected chi connectivity index (χ2v) is 6.33. The number of nitrogens with zero attached hydrogens (tertiary/aromatic N) is 2. The lowest BCUT2D eigenvalue weighted by atomic mass is 10.1. The maximum Gasteiger partial charge on any atom is 0.291 e. The van der Waals surface area contributed by atoms with Crippen molar-refractivity contribution in [3.63, 3.8) is 0 Å². The van der Waals surface area contributed by atoms with E-state index in [2.05, 4.69) is 5.32 Å². The van der Waals surface area contributed by atoms with Gasteiger partial charge in [-0.1, -0.05) is 18.2 Å². The van der Waals surface area contributed by atoms with E-state index in [9.17, 15) is 20.2 Å². The number of rotatable bonds is 6. The van der Waals surface area contributed by atoms with Crippen LogP contribution in [-0.4, -0.2) is 10.8 Å². The van der Waals surface area contributed by atoms with Crippen LogP contribution >= 0.6 is 0 Å². The molecule has 0 radical (unpaired) electrons. The quantitative estimate of drug-likeness (QED) is 0.488. The van der Waals surface area contributed by atoms with Gasteiger partial charge < -0.3 is 14.5 Å². The van der Waals surface area contributed by atoms with Crippen LogP contribution in [0.4, 0.5) is 11.4 Å². The molecule has 8 heteroatoms. The van der Waals surface area contributed by atoms with Gasteiger partial charge in [-0.15, -0.1) is 0 Å². The molecule has 3 aromatic rings. The highest BCUT2D eigenvalue weighted by Gasteiger charge is 2.16. The molecule has 2 aromatic carbocycles. The Kier molecular flexibility index (Phi) is 5.60. The van der Waals surface area contributed by atoms with Crippen LogP contribution in [0, 0.1) is 35.3 Å². The van der Waals surface area contributed by atoms with E-state index in [1.807, 2.05) is 38.1 Å². The number of hydrogen-bond donors (Lipinski definition) is 1. The van der Waals surface area contributed by atoms with E-state index >= 15 is 0 Å². The average Bonchev–Trinajstić information content (AvgIpc) is 3.17. The molecular formula is C21H17N3O5. The van der Waals surface area contributed by atoms with Crippen molar-refractivity contribution in [2.24, 2.45) is 0 Å². The van der Waals surface area contributed by atoms with E-state index in [4.69, 9.17) is 9.15 Å². The minimum absolute atomic E-state index is 0.0160. The minimum Gasteiger partial charge on any atom is -0.485 e. The molecule has 0 aliphatic rings. The zero-order valence-corrected chi connectivity index (χ0v) is 15.8. The second kappa shape index (κ2) is 8.27. The van der Waals surface area contributed by atoms with Crippen LogP contribution in [0.25, 0.3) is 0 Å². The van der Waals surface area contributed by atoms with Crippen molar-refractivity contribution in [3.8, 4) is 11.8 Å². The van der Waals surface area contributed by atoms with Crippen LogP contribution in [0.15, 0.2) is 52.9 Å². The van der Waals surface area contributed by atoms with Gasteiger partial charge in [0.1, 0.15) is 24.2 Å². The van der Waals surface area contributed by atoms with Gasteiger partial charge >= 0.3 is 0 Å². The highest BCUT2D eigenvalue weighted by Crippen LogP contribution is 2.25. The molecule has 0 unspecified atom stereocenters. The number of non-ortho nitro benzene ring substituents is 1. The summed E-state index contributed by atoms with van der Waals surface area (Å²) in [5, 5.41) is 22.5. The summed E-state index contributed by atoms with van der Waals surface area (Å²) in [6.07, 6.45) is 0. The number of carbonyl (C=O) groups excluding carboxylic acids is 1. The molecule has 3 rings (SSSR count). The molecular weight excluding hydrogens is 374 g/mol. The van der Waals surface area contributed by atoms with Gasteiger partial charge in [-0.05, 0) is 43.2 Å². The number of ether oxygens (including phenoxy) is 1. The zero-order valence-electron chi connectivity index (χ0n) is 15.8. The van der Waals surface area contributed by atoms with Gasteiger partial charge in [0, 0.05) is 12.1 Å². The Morgan fingerprint density at radius 2 is 1.93 bits per heavy atom. The largest absolute Gasteiger partial charge is 0.485 e. The van der Waals surface area contributed by atoms with E-state index in [1.54, 1.807) is 6.07 Å². The Bertz CT molecular complexity index is 1110. The predicted octanol–water partition coefficient (Wildman–Crippen LogP) is 4.51. The number of carbonyl (C=O) groups is 1. The van der Waals surface area contributed by atoms with Crippen LogP contribution in [0.2, 0.25) is 0 Å². The number of nitrogens with one attached hydrogen (secondary N) is 1. The fourth-order valence-corrected chi connectivity index (χ4v) is 2.78. The summed E-state index contributed by atoms with van der Waals surface area (Å²) in [5.41, 5.74) is 1.91. The normalized spacial score (nSPS) is 10.2. The summed E-state index contributed by atoms with van der Waals surface area (Å²) in [7, 11) is 0. The Labute approximate surface area is 166 Å². The number of aryl methyl sites for hydroxylation is 2. The summed E-state index contributed by atoms with van der Waals surface area (Å²) in [6.45, 7) is 4.04. The Morgan fingerprint density at radius 1 is 1.21 bits per heavy atom. The first kappa shape index (κ1) is 19.6. The Morgan fingerprint density at radius 3 is 2.59 bits per heavy atom. The molecule has 0 aliphatic heterocycles. The zero-order chi connectivity index (χ0) is 21.0. The van der Waals surface area contributed by atoms with Gasteiger partial charge in [0.05, 0.1) is 16.2 Å². The third-order valence-electron chi connectivity index (χ3n) is 4.24. The molecule has 8 nitrogen and oxygen atoms in total. The van der Waals surface area contributed by atoms with Crippen molar-refractivity contribution in [2.75, 3.05) is 5.32 Å². The summed E-state index contributed by atoms with van der Waals surface area (Å²) in [5.74, 6) is 0.683. The van der Waals surface area contributed by atoms with E-state index < -0.39 is 10.8 Å². The first-order chi connectivity index (χ1) is 13.9. The van der Waals surface area contributed by atoms with Gasteiger partial charge in [-0.25, -0.2) is 0 Å². The van der Waals surface area contributed by atoms with Crippen molar-refractivity contribution in [3.05, 3.63) is 86.9 Å². The van der Waals surface area contributed by atoms with E-state index in [1.165, 1.54) is 18.2 Å². The molecule has 0 bridgehead atoms. The lowest BCUT2D eigenvalue weighted by Crippen LogP contribution is -2.12. The van der Waals surface area contributed by atoms with E-state index in [-0.39, 0.29) is 29.3 Å². The van der Waals surface area contributed by atoms with E-state index in [0.717, 1.165) is 22.9 Å². The highest BCUT2D eigenvalue weighted by molar-refractivity contribution is 6.03. The molecule has 1 aromatic heterocycles. The minimum atomic E-state index is -0.610. The van der Waals surface area contributed by atoms with Crippen LogP contribution in [0.3, 0.4) is 0 Å².